The Labute approximate surface area is 151 Å². The van der Waals surface area contributed by atoms with Crippen molar-refractivity contribution in [3.05, 3.63) is 29.7 Å². The molecule has 126 valence electrons. The molecule has 0 bridgehead atoms. The average molecular weight is 420 g/mol. The number of nitrogens with zero attached hydrogens (tertiary/aromatic N) is 3. The minimum absolute atomic E-state index is 0. The van der Waals surface area contributed by atoms with Crippen LogP contribution in [-0.2, 0) is 6.42 Å². The summed E-state index contributed by atoms with van der Waals surface area (Å²) in [5.41, 5.74) is 2.23. The molecule has 1 heterocycles. The normalized spacial score (nSPS) is 11.0. The summed E-state index contributed by atoms with van der Waals surface area (Å²) in [4.78, 5) is 6.46. The van der Waals surface area contributed by atoms with Crippen LogP contribution in [0.15, 0.2) is 22.2 Å². The van der Waals surface area contributed by atoms with E-state index in [-0.39, 0.29) is 24.0 Å². The second-order valence-corrected chi connectivity index (χ2v) is 5.23. The molecule has 0 aromatic carbocycles. The van der Waals surface area contributed by atoms with Gasteiger partial charge >= 0.3 is 0 Å². The van der Waals surface area contributed by atoms with E-state index in [1.54, 1.807) is 0 Å². The number of nitrogens with one attached hydrogen (secondary N) is 1. The molecular weight excluding hydrogens is 391 g/mol. The van der Waals surface area contributed by atoms with Gasteiger partial charge in [-0.25, -0.2) is 0 Å². The Kier molecular flexibility index (Phi) is 11.0. The zero-order valence-corrected chi connectivity index (χ0v) is 16.5. The van der Waals surface area contributed by atoms with Crippen molar-refractivity contribution >= 4 is 29.9 Å². The maximum absolute atomic E-state index is 5.18. The van der Waals surface area contributed by atoms with Crippen LogP contribution in [0.2, 0.25) is 0 Å². The van der Waals surface area contributed by atoms with Crippen molar-refractivity contribution in [1.82, 2.24) is 15.4 Å². The van der Waals surface area contributed by atoms with E-state index < -0.39 is 0 Å². The first-order chi connectivity index (χ1) is 10.1. The maximum Gasteiger partial charge on any atom is 0.193 e. The zero-order chi connectivity index (χ0) is 15.7. The van der Waals surface area contributed by atoms with Gasteiger partial charge in [0, 0.05) is 32.7 Å². The summed E-state index contributed by atoms with van der Waals surface area (Å²) in [6.45, 7) is 9.58. The molecule has 0 fully saturated rings. The molecule has 1 N–H and O–H groups in total. The molecule has 0 unspecified atom stereocenters. The van der Waals surface area contributed by atoms with Gasteiger partial charge in [0.1, 0.15) is 5.76 Å². The molecule has 0 aliphatic heterocycles. The maximum atomic E-state index is 5.18. The Morgan fingerprint density at radius 1 is 1.41 bits per heavy atom. The van der Waals surface area contributed by atoms with Crippen LogP contribution < -0.4 is 5.32 Å². The third-order valence-electron chi connectivity index (χ3n) is 3.54. The van der Waals surface area contributed by atoms with E-state index in [0.29, 0.717) is 0 Å². The molecule has 1 aromatic rings. The van der Waals surface area contributed by atoms with Crippen LogP contribution in [0.4, 0.5) is 0 Å². The van der Waals surface area contributed by atoms with Gasteiger partial charge in [0.05, 0.1) is 5.69 Å². The Morgan fingerprint density at radius 2 is 2.14 bits per heavy atom. The molecule has 1 rings (SSSR count). The predicted molar refractivity (Wildman–Crippen MR) is 103 cm³/mol. The number of aromatic nitrogens is 1. The molecule has 0 saturated carbocycles. The van der Waals surface area contributed by atoms with E-state index in [1.165, 1.54) is 5.56 Å². The summed E-state index contributed by atoms with van der Waals surface area (Å²) < 4.78 is 5.18. The highest BCUT2D eigenvalue weighted by Gasteiger charge is 2.09. The number of hydrogen-bond donors (Lipinski definition) is 1. The molecule has 0 radical (unpaired) electrons. The third kappa shape index (κ3) is 6.81. The molecule has 0 saturated heterocycles. The van der Waals surface area contributed by atoms with Crippen LogP contribution in [0.5, 0.6) is 0 Å². The smallest absolute Gasteiger partial charge is 0.193 e. The lowest BCUT2D eigenvalue weighted by atomic mass is 10.1. The number of guanidine groups is 1. The summed E-state index contributed by atoms with van der Waals surface area (Å²) in [6, 6.07) is 0. The van der Waals surface area contributed by atoms with Crippen LogP contribution in [0.25, 0.3) is 0 Å². The second kappa shape index (κ2) is 11.5. The van der Waals surface area contributed by atoms with Crippen LogP contribution in [0.3, 0.4) is 0 Å². The van der Waals surface area contributed by atoms with Crippen molar-refractivity contribution < 1.29 is 4.52 Å². The van der Waals surface area contributed by atoms with Crippen molar-refractivity contribution in [1.29, 1.82) is 0 Å². The number of aliphatic imine (C=N–C) groups is 1. The van der Waals surface area contributed by atoms with Gasteiger partial charge in [0.25, 0.3) is 0 Å². The Balaban J connectivity index is 0.00000441. The zero-order valence-electron chi connectivity index (χ0n) is 14.2. The van der Waals surface area contributed by atoms with Crippen LogP contribution >= 0.6 is 24.0 Å². The fraction of sp³-hybridized carbons (Fsp3) is 0.625. The molecule has 0 spiro atoms. The molecule has 6 heteroatoms. The highest BCUT2D eigenvalue weighted by molar-refractivity contribution is 14.0. The summed E-state index contributed by atoms with van der Waals surface area (Å²) in [5.74, 6) is 1.87. The minimum Gasteiger partial charge on any atom is -0.361 e. The lowest BCUT2D eigenvalue weighted by Gasteiger charge is -2.21. The highest BCUT2D eigenvalue weighted by Crippen LogP contribution is 2.13. The van der Waals surface area contributed by atoms with Crippen molar-refractivity contribution in [2.24, 2.45) is 4.99 Å². The summed E-state index contributed by atoms with van der Waals surface area (Å²) in [5, 5.41) is 7.38. The van der Waals surface area contributed by atoms with Crippen molar-refractivity contribution in [2.45, 2.75) is 39.5 Å². The largest absolute Gasteiger partial charge is 0.361 e. The quantitative estimate of drug-likeness (QED) is 0.231. The molecule has 22 heavy (non-hydrogen) atoms. The minimum atomic E-state index is 0. The number of unbranched alkanes of at least 4 members (excludes halogenated alkanes) is 1. The van der Waals surface area contributed by atoms with Gasteiger partial charge < -0.3 is 14.7 Å². The standard InChI is InChI=1S/C16H28N4O.HI/c1-6-7-8-12-20(5)16(17-4)18-11-9-10-15-13(2)19-21-14(15)3;/h6H,1,7-12H2,2-5H3,(H,17,18);1H. The number of allylic oxidation sites excluding steroid dienone is 1. The third-order valence-corrected chi connectivity index (χ3v) is 3.54. The molecule has 0 aliphatic rings. The summed E-state index contributed by atoms with van der Waals surface area (Å²) >= 11 is 0. The van der Waals surface area contributed by atoms with Crippen LogP contribution in [0, 0.1) is 13.8 Å². The van der Waals surface area contributed by atoms with Crippen molar-refractivity contribution in [2.75, 3.05) is 27.2 Å². The van der Waals surface area contributed by atoms with Gasteiger partial charge in [0.15, 0.2) is 5.96 Å². The molecule has 1 aromatic heterocycles. The topological polar surface area (TPSA) is 53.7 Å². The van der Waals surface area contributed by atoms with E-state index in [9.17, 15) is 0 Å². The first-order valence-electron chi connectivity index (χ1n) is 7.54. The van der Waals surface area contributed by atoms with E-state index >= 15 is 0 Å². The van der Waals surface area contributed by atoms with E-state index in [1.807, 2.05) is 27.0 Å². The molecule has 0 amide bonds. The molecule has 0 aliphatic carbocycles. The van der Waals surface area contributed by atoms with Crippen LogP contribution in [-0.4, -0.2) is 43.2 Å². The molecular formula is C16H29IN4O. The van der Waals surface area contributed by atoms with E-state index in [0.717, 1.165) is 56.2 Å². The van der Waals surface area contributed by atoms with Gasteiger partial charge in [0.2, 0.25) is 0 Å². The number of rotatable bonds is 8. The molecule has 5 nitrogen and oxygen atoms in total. The lowest BCUT2D eigenvalue weighted by Crippen LogP contribution is -2.39. The van der Waals surface area contributed by atoms with Gasteiger partial charge in [-0.2, -0.15) is 0 Å². The number of halogens is 1. The van der Waals surface area contributed by atoms with Crippen LogP contribution in [0.1, 0.15) is 36.3 Å². The average Bonchev–Trinajstić information content (AvgIpc) is 2.79. The number of aryl methyl sites for hydroxylation is 2. The fourth-order valence-corrected chi connectivity index (χ4v) is 2.29. The summed E-state index contributed by atoms with van der Waals surface area (Å²) in [6.07, 6.45) is 6.09. The van der Waals surface area contributed by atoms with Gasteiger partial charge in [-0.15, -0.1) is 30.6 Å². The SMILES string of the molecule is C=CCCCN(C)C(=NC)NCCCc1c(C)noc1C.I. The second-order valence-electron chi connectivity index (χ2n) is 5.23. The number of hydrogen-bond acceptors (Lipinski definition) is 3. The highest BCUT2D eigenvalue weighted by atomic mass is 127. The van der Waals surface area contributed by atoms with Gasteiger partial charge in [-0.05, 0) is 39.5 Å². The van der Waals surface area contributed by atoms with Gasteiger partial charge in [-0.3, -0.25) is 4.99 Å². The molecule has 0 atom stereocenters. The monoisotopic (exact) mass is 420 g/mol. The lowest BCUT2D eigenvalue weighted by molar-refractivity contribution is 0.392. The Bertz CT molecular complexity index is 451. The Morgan fingerprint density at radius 3 is 2.68 bits per heavy atom. The van der Waals surface area contributed by atoms with Gasteiger partial charge in [-0.1, -0.05) is 11.2 Å². The fourth-order valence-electron chi connectivity index (χ4n) is 2.29. The first kappa shape index (κ1) is 20.9. The first-order valence-corrected chi connectivity index (χ1v) is 7.54. The van der Waals surface area contributed by atoms with Crippen molar-refractivity contribution in [3.8, 4) is 0 Å². The summed E-state index contributed by atoms with van der Waals surface area (Å²) in [7, 11) is 3.88. The van der Waals surface area contributed by atoms with Crippen molar-refractivity contribution in [3.63, 3.8) is 0 Å². The predicted octanol–water partition coefficient (Wildman–Crippen LogP) is 3.32. The Hall–Kier alpha value is -1.05. The van der Waals surface area contributed by atoms with E-state index in [4.69, 9.17) is 4.52 Å². The van der Waals surface area contributed by atoms with E-state index in [2.05, 4.69) is 34.0 Å².